The van der Waals surface area contributed by atoms with Crippen molar-refractivity contribution in [3.63, 3.8) is 0 Å². The van der Waals surface area contributed by atoms with Gasteiger partial charge >= 0.3 is 5.97 Å². The molecule has 0 radical (unpaired) electrons. The number of anilines is 1. The Morgan fingerprint density at radius 1 is 1.15 bits per heavy atom. The lowest BCUT2D eigenvalue weighted by molar-refractivity contribution is -0.143. The van der Waals surface area contributed by atoms with Gasteiger partial charge in [-0.3, -0.25) is 14.6 Å². The number of likely N-dealkylation sites (tertiary alicyclic amines) is 1. The number of amides is 1. The molecule has 6 nitrogen and oxygen atoms in total. The summed E-state index contributed by atoms with van der Waals surface area (Å²) in [5, 5.41) is 9.21. The average molecular weight is 353 g/mol. The number of carbonyl (C=O) groups is 2. The van der Waals surface area contributed by atoms with Crippen molar-refractivity contribution in [1.82, 2.24) is 9.88 Å². The molecule has 1 unspecified atom stereocenters. The molecule has 1 aliphatic rings. The molecule has 1 aromatic heterocycles. The Morgan fingerprint density at radius 3 is 2.54 bits per heavy atom. The van der Waals surface area contributed by atoms with E-state index in [0.717, 1.165) is 16.8 Å². The Labute approximate surface area is 153 Å². The van der Waals surface area contributed by atoms with Gasteiger partial charge in [0.15, 0.2) is 0 Å². The first-order valence-electron chi connectivity index (χ1n) is 8.70. The van der Waals surface area contributed by atoms with Crippen molar-refractivity contribution in [2.75, 3.05) is 32.1 Å². The van der Waals surface area contributed by atoms with E-state index in [-0.39, 0.29) is 12.5 Å². The van der Waals surface area contributed by atoms with Gasteiger partial charge in [0.2, 0.25) is 0 Å². The minimum Gasteiger partial charge on any atom is -0.481 e. The molecule has 136 valence electrons. The molecule has 1 aromatic carbocycles. The third-order valence-corrected chi connectivity index (χ3v) is 4.76. The van der Waals surface area contributed by atoms with Crippen molar-refractivity contribution in [3.05, 3.63) is 48.3 Å². The number of hydrogen-bond acceptors (Lipinski definition) is 4. The summed E-state index contributed by atoms with van der Waals surface area (Å²) in [6.07, 6.45) is 4.61. The van der Waals surface area contributed by atoms with Crippen LogP contribution in [0, 0.1) is 5.92 Å². The van der Waals surface area contributed by atoms with Crippen LogP contribution in [-0.4, -0.2) is 54.1 Å². The fraction of sp³-hybridized carbons (Fsp3) is 0.350. The van der Waals surface area contributed by atoms with Crippen LogP contribution in [0.5, 0.6) is 0 Å². The summed E-state index contributed by atoms with van der Waals surface area (Å²) in [4.78, 5) is 31.9. The van der Waals surface area contributed by atoms with Crippen LogP contribution in [0.2, 0.25) is 0 Å². The molecule has 1 fully saturated rings. The van der Waals surface area contributed by atoms with E-state index < -0.39 is 11.9 Å². The highest BCUT2D eigenvalue weighted by Crippen LogP contribution is 2.24. The van der Waals surface area contributed by atoms with Crippen LogP contribution < -0.4 is 4.90 Å². The van der Waals surface area contributed by atoms with Crippen molar-refractivity contribution < 1.29 is 14.7 Å². The fourth-order valence-corrected chi connectivity index (χ4v) is 3.21. The number of aliphatic carboxylic acids is 1. The number of carbonyl (C=O) groups excluding carboxylic acids is 1. The highest BCUT2D eigenvalue weighted by molar-refractivity contribution is 5.95. The molecule has 2 aromatic rings. The van der Waals surface area contributed by atoms with E-state index >= 15 is 0 Å². The maximum Gasteiger partial charge on any atom is 0.308 e. The highest BCUT2D eigenvalue weighted by atomic mass is 16.4. The molecule has 1 amide bonds. The summed E-state index contributed by atoms with van der Waals surface area (Å²) >= 11 is 0. The fourth-order valence-electron chi connectivity index (χ4n) is 3.21. The van der Waals surface area contributed by atoms with Gasteiger partial charge in [-0.2, -0.15) is 0 Å². The summed E-state index contributed by atoms with van der Waals surface area (Å²) < 4.78 is 0. The Hall–Kier alpha value is -2.89. The van der Waals surface area contributed by atoms with Crippen LogP contribution in [0.15, 0.2) is 42.7 Å². The van der Waals surface area contributed by atoms with Gasteiger partial charge < -0.3 is 14.9 Å². The molecule has 3 rings (SSSR count). The van der Waals surface area contributed by atoms with Crippen molar-refractivity contribution in [2.45, 2.75) is 12.8 Å². The molecular formula is C20H23N3O3. The molecule has 0 saturated carbocycles. The van der Waals surface area contributed by atoms with Crippen molar-refractivity contribution in [1.29, 1.82) is 0 Å². The normalized spacial score (nSPS) is 17.0. The number of pyridine rings is 1. The van der Waals surface area contributed by atoms with Crippen LogP contribution in [0.1, 0.15) is 23.2 Å². The molecular weight excluding hydrogens is 330 g/mol. The van der Waals surface area contributed by atoms with E-state index in [2.05, 4.69) is 4.98 Å². The van der Waals surface area contributed by atoms with Crippen LogP contribution in [0.3, 0.4) is 0 Å². The number of aromatic nitrogens is 1. The number of rotatable bonds is 4. The molecule has 0 bridgehead atoms. The van der Waals surface area contributed by atoms with Gasteiger partial charge in [-0.15, -0.1) is 0 Å². The van der Waals surface area contributed by atoms with E-state index in [1.807, 2.05) is 49.3 Å². The zero-order valence-corrected chi connectivity index (χ0v) is 15.1. The molecule has 26 heavy (non-hydrogen) atoms. The predicted molar refractivity (Wildman–Crippen MR) is 100 cm³/mol. The van der Waals surface area contributed by atoms with Gasteiger partial charge in [0.25, 0.3) is 5.91 Å². The summed E-state index contributed by atoms with van der Waals surface area (Å²) in [6.45, 7) is 0.848. The quantitative estimate of drug-likeness (QED) is 0.915. The summed E-state index contributed by atoms with van der Waals surface area (Å²) in [5.41, 5.74) is 3.44. The van der Waals surface area contributed by atoms with Crippen molar-refractivity contribution >= 4 is 17.6 Å². The van der Waals surface area contributed by atoms with Gasteiger partial charge in [-0.05, 0) is 36.6 Å². The second kappa shape index (κ2) is 7.56. The lowest BCUT2D eigenvalue weighted by Gasteiger charge is -2.30. The monoisotopic (exact) mass is 353 g/mol. The Balaban J connectivity index is 1.80. The zero-order valence-electron chi connectivity index (χ0n) is 15.1. The molecule has 0 spiro atoms. The largest absolute Gasteiger partial charge is 0.481 e. The van der Waals surface area contributed by atoms with Crippen LogP contribution >= 0.6 is 0 Å². The molecule has 1 saturated heterocycles. The standard InChI is InChI=1S/C20H23N3O3/c1-22(2)18-7-5-14(6-8-18)16-10-17(12-21-11-16)19(24)23-9-3-4-15(13-23)20(25)26/h5-8,10-12,15H,3-4,9,13H2,1-2H3,(H,25,26). The minimum absolute atomic E-state index is 0.157. The summed E-state index contributed by atoms with van der Waals surface area (Å²) in [7, 11) is 3.97. The molecule has 1 aliphatic heterocycles. The van der Waals surface area contributed by atoms with E-state index in [1.54, 1.807) is 17.3 Å². The molecule has 2 heterocycles. The predicted octanol–water partition coefficient (Wildman–Crippen LogP) is 2.75. The number of piperidine rings is 1. The molecule has 1 atom stereocenters. The van der Waals surface area contributed by atoms with Gasteiger partial charge in [0.1, 0.15) is 0 Å². The maximum atomic E-state index is 12.8. The Kier molecular flexibility index (Phi) is 5.21. The number of hydrogen-bond donors (Lipinski definition) is 1. The topological polar surface area (TPSA) is 73.7 Å². The molecule has 0 aliphatic carbocycles. The smallest absolute Gasteiger partial charge is 0.308 e. The highest BCUT2D eigenvalue weighted by Gasteiger charge is 2.28. The maximum absolute atomic E-state index is 12.8. The summed E-state index contributed by atoms with van der Waals surface area (Å²) in [5.74, 6) is -1.48. The number of benzene rings is 1. The number of nitrogens with zero attached hydrogens (tertiary/aromatic N) is 3. The zero-order chi connectivity index (χ0) is 18.7. The first kappa shape index (κ1) is 17.9. The SMILES string of the molecule is CN(C)c1ccc(-c2cncc(C(=O)N3CCCC(C(=O)O)C3)c2)cc1. The van der Waals surface area contributed by atoms with E-state index in [4.69, 9.17) is 0 Å². The van der Waals surface area contributed by atoms with Gasteiger partial charge in [0, 0.05) is 50.8 Å². The van der Waals surface area contributed by atoms with Gasteiger partial charge in [0.05, 0.1) is 11.5 Å². The van der Waals surface area contributed by atoms with Crippen LogP contribution in [0.25, 0.3) is 11.1 Å². The third-order valence-electron chi connectivity index (χ3n) is 4.76. The van der Waals surface area contributed by atoms with Crippen LogP contribution in [-0.2, 0) is 4.79 Å². The second-order valence-electron chi connectivity index (χ2n) is 6.83. The lowest BCUT2D eigenvalue weighted by Crippen LogP contribution is -2.42. The number of carboxylic acids is 1. The minimum atomic E-state index is -0.838. The van der Waals surface area contributed by atoms with Crippen LogP contribution in [0.4, 0.5) is 5.69 Å². The van der Waals surface area contributed by atoms with Crippen molar-refractivity contribution in [3.8, 4) is 11.1 Å². The van der Waals surface area contributed by atoms with E-state index in [1.165, 1.54) is 0 Å². The first-order valence-corrected chi connectivity index (χ1v) is 8.70. The van der Waals surface area contributed by atoms with Crippen molar-refractivity contribution in [2.24, 2.45) is 5.92 Å². The number of carboxylic acid groups (broad SMARTS) is 1. The average Bonchev–Trinajstić information content (AvgIpc) is 2.67. The first-order chi connectivity index (χ1) is 12.5. The molecule has 1 N–H and O–H groups in total. The summed E-state index contributed by atoms with van der Waals surface area (Å²) in [6, 6.07) is 9.87. The van der Waals surface area contributed by atoms with Gasteiger partial charge in [-0.1, -0.05) is 12.1 Å². The van der Waals surface area contributed by atoms with Gasteiger partial charge in [-0.25, -0.2) is 0 Å². The second-order valence-corrected chi connectivity index (χ2v) is 6.83. The van der Waals surface area contributed by atoms with E-state index in [0.29, 0.717) is 24.9 Å². The lowest BCUT2D eigenvalue weighted by atomic mass is 9.97. The van der Waals surface area contributed by atoms with E-state index in [9.17, 15) is 14.7 Å². The Morgan fingerprint density at radius 2 is 1.88 bits per heavy atom. The Bertz CT molecular complexity index is 802. The third kappa shape index (κ3) is 3.85. The molecule has 6 heteroatoms.